The molecule has 1 N–H and O–H groups in total. The van der Waals surface area contributed by atoms with Gasteiger partial charge in [0.15, 0.2) is 5.43 Å². The molecule has 2 heterocycles. The summed E-state index contributed by atoms with van der Waals surface area (Å²) >= 11 is 6.24. The molecule has 1 amide bonds. The minimum absolute atomic E-state index is 0.151. The van der Waals surface area contributed by atoms with Gasteiger partial charge in [-0.2, -0.15) is 0 Å². The Bertz CT molecular complexity index is 1140. The number of halogens is 1. The molecule has 3 aromatic rings. The highest BCUT2D eigenvalue weighted by Crippen LogP contribution is 2.38. The predicted octanol–water partition coefficient (Wildman–Crippen LogP) is 3.31. The van der Waals surface area contributed by atoms with E-state index >= 15 is 0 Å². The third-order valence-corrected chi connectivity index (χ3v) is 6.20. The Labute approximate surface area is 180 Å². The van der Waals surface area contributed by atoms with E-state index in [0.29, 0.717) is 28.1 Å². The summed E-state index contributed by atoms with van der Waals surface area (Å²) in [5.41, 5.74) is 1.53. The molecule has 5 nitrogen and oxygen atoms in total. The summed E-state index contributed by atoms with van der Waals surface area (Å²) in [4.78, 5) is 30.0. The second kappa shape index (κ2) is 8.62. The molecule has 1 atom stereocenters. The largest absolute Gasteiger partial charge is 0.450 e. The van der Waals surface area contributed by atoms with E-state index in [2.05, 4.69) is 13.8 Å². The first-order valence-electron chi connectivity index (χ1n) is 10.5. The zero-order chi connectivity index (χ0) is 21.3. The number of hydrogen-bond acceptors (Lipinski definition) is 3. The fraction of sp³-hybridized carbons (Fsp3) is 0.333. The van der Waals surface area contributed by atoms with Crippen LogP contribution in [0.5, 0.6) is 0 Å². The highest BCUT2D eigenvalue weighted by molar-refractivity contribution is 6.30. The normalized spacial score (nSPS) is 15.9. The lowest BCUT2D eigenvalue weighted by molar-refractivity contribution is -0.896. The number of quaternary nitrogens is 1. The van der Waals surface area contributed by atoms with Crippen LogP contribution >= 0.6 is 11.6 Å². The van der Waals surface area contributed by atoms with Crippen molar-refractivity contribution < 1.29 is 14.1 Å². The zero-order valence-electron chi connectivity index (χ0n) is 17.3. The van der Waals surface area contributed by atoms with Crippen molar-refractivity contribution in [2.75, 3.05) is 26.2 Å². The van der Waals surface area contributed by atoms with Crippen LogP contribution in [0.2, 0.25) is 5.02 Å². The average molecular weight is 426 g/mol. The molecule has 1 aliphatic rings. The van der Waals surface area contributed by atoms with Gasteiger partial charge in [0.05, 0.1) is 36.6 Å². The van der Waals surface area contributed by atoms with E-state index in [-0.39, 0.29) is 17.1 Å². The van der Waals surface area contributed by atoms with E-state index in [1.165, 1.54) is 4.90 Å². The summed E-state index contributed by atoms with van der Waals surface area (Å²) < 4.78 is 5.95. The fourth-order valence-electron chi connectivity index (χ4n) is 4.32. The van der Waals surface area contributed by atoms with Gasteiger partial charge in [-0.15, -0.1) is 0 Å². The van der Waals surface area contributed by atoms with Gasteiger partial charge in [-0.25, -0.2) is 0 Å². The number of para-hydroxylation sites is 1. The molecule has 1 aliphatic heterocycles. The van der Waals surface area contributed by atoms with Crippen molar-refractivity contribution in [3.63, 3.8) is 0 Å². The SMILES string of the molecule is CC[NH+](CC)CCCN1C(=O)c2oc3ccccc3c(=O)c2[C@H]1c1cccc(Cl)c1. The Morgan fingerprint density at radius 1 is 1.07 bits per heavy atom. The Kier molecular flexibility index (Phi) is 5.93. The van der Waals surface area contributed by atoms with Crippen LogP contribution in [0, 0.1) is 0 Å². The quantitative estimate of drug-likeness (QED) is 0.631. The van der Waals surface area contributed by atoms with Crippen LogP contribution in [0.4, 0.5) is 0 Å². The molecular weight excluding hydrogens is 400 g/mol. The van der Waals surface area contributed by atoms with E-state index in [4.69, 9.17) is 16.0 Å². The number of benzene rings is 2. The summed E-state index contributed by atoms with van der Waals surface area (Å²) in [6.45, 7) is 7.96. The van der Waals surface area contributed by atoms with E-state index in [1.54, 1.807) is 35.2 Å². The average Bonchev–Trinajstić information content (AvgIpc) is 3.03. The molecule has 2 aromatic carbocycles. The minimum Gasteiger partial charge on any atom is -0.450 e. The lowest BCUT2D eigenvalue weighted by Crippen LogP contribution is -3.11. The minimum atomic E-state index is -0.487. The van der Waals surface area contributed by atoms with Crippen LogP contribution in [-0.2, 0) is 0 Å². The van der Waals surface area contributed by atoms with Gasteiger partial charge in [0.25, 0.3) is 5.91 Å². The van der Waals surface area contributed by atoms with Gasteiger partial charge in [0.1, 0.15) is 5.58 Å². The highest BCUT2D eigenvalue weighted by atomic mass is 35.5. The Balaban J connectivity index is 1.79. The molecule has 4 rings (SSSR count). The van der Waals surface area contributed by atoms with Crippen LogP contribution in [0.1, 0.15) is 48.0 Å². The van der Waals surface area contributed by atoms with Gasteiger partial charge in [0, 0.05) is 18.0 Å². The summed E-state index contributed by atoms with van der Waals surface area (Å²) in [5, 5.41) is 1.07. The molecule has 0 fully saturated rings. The number of rotatable bonds is 7. The number of fused-ring (bicyclic) bond motifs is 2. The van der Waals surface area contributed by atoms with Crippen molar-refractivity contribution in [1.29, 1.82) is 0 Å². The molecule has 0 saturated carbocycles. The maximum absolute atomic E-state index is 13.4. The van der Waals surface area contributed by atoms with E-state index < -0.39 is 6.04 Å². The lowest BCUT2D eigenvalue weighted by Gasteiger charge is -2.26. The van der Waals surface area contributed by atoms with E-state index in [0.717, 1.165) is 31.6 Å². The van der Waals surface area contributed by atoms with Crippen molar-refractivity contribution >= 4 is 28.5 Å². The van der Waals surface area contributed by atoms with E-state index in [9.17, 15) is 9.59 Å². The van der Waals surface area contributed by atoms with Crippen LogP contribution < -0.4 is 10.3 Å². The zero-order valence-corrected chi connectivity index (χ0v) is 18.0. The summed E-state index contributed by atoms with van der Waals surface area (Å²) in [7, 11) is 0. The first-order chi connectivity index (χ1) is 14.5. The van der Waals surface area contributed by atoms with Gasteiger partial charge < -0.3 is 14.2 Å². The molecule has 0 radical (unpaired) electrons. The molecular formula is C24H26ClN2O3+. The smallest absolute Gasteiger partial charge is 0.290 e. The predicted molar refractivity (Wildman–Crippen MR) is 118 cm³/mol. The number of carbonyl (C=O) groups excluding carboxylic acids is 1. The van der Waals surface area contributed by atoms with E-state index in [1.807, 2.05) is 18.2 Å². The maximum atomic E-state index is 13.4. The Morgan fingerprint density at radius 2 is 1.83 bits per heavy atom. The molecule has 0 aliphatic carbocycles. The molecule has 0 bridgehead atoms. The van der Waals surface area contributed by atoms with Crippen LogP contribution in [-0.4, -0.2) is 37.0 Å². The standard InChI is InChI=1S/C24H25ClN2O3/c1-3-26(4-2)13-8-14-27-21(16-9-7-10-17(25)15-16)20-22(28)18-11-5-6-12-19(18)30-23(20)24(27)29/h5-7,9-12,15,21H,3-4,8,13-14H2,1-2H3/p+1/t21-/m1/s1. The fourth-order valence-corrected chi connectivity index (χ4v) is 4.52. The molecule has 0 spiro atoms. The van der Waals surface area contributed by atoms with Crippen molar-refractivity contribution in [2.45, 2.75) is 26.3 Å². The third kappa shape index (κ3) is 3.64. The third-order valence-electron chi connectivity index (χ3n) is 5.97. The number of carbonyl (C=O) groups is 1. The second-order valence-corrected chi connectivity index (χ2v) is 8.12. The second-order valence-electron chi connectivity index (χ2n) is 7.69. The van der Waals surface area contributed by atoms with Gasteiger partial charge in [-0.05, 0) is 43.7 Å². The number of nitrogens with one attached hydrogen (secondary N) is 1. The Morgan fingerprint density at radius 3 is 2.57 bits per heavy atom. The van der Waals surface area contributed by atoms with Crippen molar-refractivity contribution in [3.05, 3.63) is 80.7 Å². The molecule has 0 saturated heterocycles. The van der Waals surface area contributed by atoms with Crippen molar-refractivity contribution in [3.8, 4) is 0 Å². The van der Waals surface area contributed by atoms with Crippen LogP contribution in [0.15, 0.2) is 57.7 Å². The highest BCUT2D eigenvalue weighted by Gasteiger charge is 2.42. The Hall–Kier alpha value is -2.63. The lowest BCUT2D eigenvalue weighted by atomic mass is 9.98. The van der Waals surface area contributed by atoms with Crippen LogP contribution in [0.25, 0.3) is 11.0 Å². The summed E-state index contributed by atoms with van der Waals surface area (Å²) in [6, 6.07) is 14.0. The van der Waals surface area contributed by atoms with Crippen LogP contribution in [0.3, 0.4) is 0 Å². The van der Waals surface area contributed by atoms with Gasteiger partial charge in [-0.3, -0.25) is 9.59 Å². The molecule has 0 unspecified atom stereocenters. The first-order valence-corrected chi connectivity index (χ1v) is 10.9. The van der Waals surface area contributed by atoms with Crippen molar-refractivity contribution in [1.82, 2.24) is 4.90 Å². The molecule has 156 valence electrons. The first kappa shape index (κ1) is 20.6. The van der Waals surface area contributed by atoms with Crippen molar-refractivity contribution in [2.24, 2.45) is 0 Å². The summed E-state index contributed by atoms with van der Waals surface area (Å²) in [6.07, 6.45) is 0.849. The van der Waals surface area contributed by atoms with Gasteiger partial charge >= 0.3 is 0 Å². The molecule has 30 heavy (non-hydrogen) atoms. The number of nitrogens with zero attached hydrogens (tertiary/aromatic N) is 1. The topological polar surface area (TPSA) is 55.0 Å². The van der Waals surface area contributed by atoms with Gasteiger partial charge in [-0.1, -0.05) is 35.9 Å². The molecule has 6 heteroatoms. The number of amides is 1. The number of hydrogen-bond donors (Lipinski definition) is 1. The maximum Gasteiger partial charge on any atom is 0.290 e. The molecule has 1 aromatic heterocycles. The monoisotopic (exact) mass is 425 g/mol. The van der Waals surface area contributed by atoms with Gasteiger partial charge in [0.2, 0.25) is 5.76 Å². The summed E-state index contributed by atoms with van der Waals surface area (Å²) in [5.74, 6) is -0.0776.